The van der Waals surface area contributed by atoms with Gasteiger partial charge in [0.05, 0.1) is 5.75 Å². The zero-order valence-corrected chi connectivity index (χ0v) is 20.1. The summed E-state index contributed by atoms with van der Waals surface area (Å²) in [7, 11) is 0. The topological polar surface area (TPSA) is 106 Å². The molecule has 0 saturated heterocycles. The van der Waals surface area contributed by atoms with Gasteiger partial charge in [-0.05, 0) is 51.7 Å². The predicted molar refractivity (Wildman–Crippen MR) is 121 cm³/mol. The van der Waals surface area contributed by atoms with Gasteiger partial charge in [0.15, 0.2) is 0 Å². The highest BCUT2D eigenvalue weighted by atomic mass is 32.2. The summed E-state index contributed by atoms with van der Waals surface area (Å²) in [6, 6.07) is 5.37. The average molecular weight is 449 g/mol. The Labute approximate surface area is 187 Å². The van der Waals surface area contributed by atoms with Crippen LogP contribution in [0.5, 0.6) is 0 Å². The smallest absolute Gasteiger partial charge is 0.408 e. The lowest BCUT2D eigenvalue weighted by Crippen LogP contribution is -2.37. The molecule has 0 unspecified atom stereocenters. The van der Waals surface area contributed by atoms with Crippen LogP contribution in [0.3, 0.4) is 0 Å². The Kier molecular flexibility index (Phi) is 8.50. The average Bonchev–Trinajstić information content (AvgIpc) is 3.14. The van der Waals surface area contributed by atoms with E-state index in [0.717, 1.165) is 35.0 Å². The van der Waals surface area contributed by atoms with E-state index >= 15 is 0 Å². The van der Waals surface area contributed by atoms with Gasteiger partial charge in [0, 0.05) is 5.69 Å². The second-order valence-electron chi connectivity index (χ2n) is 8.52. The molecule has 1 aromatic heterocycles. The van der Waals surface area contributed by atoms with Crippen LogP contribution in [0.1, 0.15) is 64.1 Å². The predicted octanol–water partition coefficient (Wildman–Crippen LogP) is 5.03. The highest BCUT2D eigenvalue weighted by Gasteiger charge is 2.28. The number of ether oxygens (including phenoxy) is 1. The fourth-order valence-corrected chi connectivity index (χ4v) is 3.41. The zero-order chi connectivity index (χ0) is 23.2. The van der Waals surface area contributed by atoms with Crippen LogP contribution < -0.4 is 10.6 Å². The molecule has 2 amide bonds. The van der Waals surface area contributed by atoms with Crippen molar-refractivity contribution in [3.63, 3.8) is 0 Å². The molecule has 0 aliphatic carbocycles. The number of nitrogens with zero attached hydrogens (tertiary/aromatic N) is 2. The maximum atomic E-state index is 12.4. The molecular formula is C22H32N4O4S. The van der Waals surface area contributed by atoms with Crippen molar-refractivity contribution in [1.82, 2.24) is 15.5 Å². The molecule has 2 aromatic rings. The Bertz CT molecular complexity index is 887. The van der Waals surface area contributed by atoms with Crippen LogP contribution in [0.4, 0.5) is 10.5 Å². The lowest BCUT2D eigenvalue weighted by molar-refractivity contribution is -0.113. The lowest BCUT2D eigenvalue weighted by Gasteiger charge is -2.24. The molecule has 170 valence electrons. The van der Waals surface area contributed by atoms with Crippen molar-refractivity contribution in [2.45, 2.75) is 71.8 Å². The van der Waals surface area contributed by atoms with Crippen LogP contribution in [0.15, 0.2) is 27.8 Å². The number of anilines is 1. The molecule has 0 spiro atoms. The van der Waals surface area contributed by atoms with Gasteiger partial charge < -0.3 is 19.8 Å². The van der Waals surface area contributed by atoms with Gasteiger partial charge in [0.2, 0.25) is 11.8 Å². The summed E-state index contributed by atoms with van der Waals surface area (Å²) in [5.74, 6) is 0.312. The summed E-state index contributed by atoms with van der Waals surface area (Å²) in [6.45, 7) is 13.3. The van der Waals surface area contributed by atoms with Gasteiger partial charge in [0.25, 0.3) is 5.22 Å². The van der Waals surface area contributed by atoms with Gasteiger partial charge in [-0.3, -0.25) is 4.79 Å². The molecular weight excluding hydrogens is 416 g/mol. The Hall–Kier alpha value is -2.55. The number of aryl methyl sites for hydroxylation is 2. The highest BCUT2D eigenvalue weighted by molar-refractivity contribution is 7.99. The third kappa shape index (κ3) is 7.57. The summed E-state index contributed by atoms with van der Waals surface area (Å²) in [5, 5.41) is 14.1. The number of nitrogens with one attached hydrogen (secondary N) is 2. The number of alkyl carbamates (subject to hydrolysis) is 1. The molecule has 0 bridgehead atoms. The van der Waals surface area contributed by atoms with Gasteiger partial charge in [-0.1, -0.05) is 50.2 Å². The summed E-state index contributed by atoms with van der Waals surface area (Å²) in [4.78, 5) is 24.6. The molecule has 0 aliphatic heterocycles. The van der Waals surface area contributed by atoms with E-state index in [-0.39, 0.29) is 28.7 Å². The number of hydrogen-bond acceptors (Lipinski definition) is 7. The molecule has 2 atom stereocenters. The minimum Gasteiger partial charge on any atom is -0.444 e. The normalized spacial score (nSPS) is 13.4. The minimum absolute atomic E-state index is 0.0538. The number of thioether (sulfide) groups is 1. The van der Waals surface area contributed by atoms with E-state index in [4.69, 9.17) is 9.15 Å². The Morgan fingerprint density at radius 1 is 1.19 bits per heavy atom. The third-order valence-corrected chi connectivity index (χ3v) is 5.46. The largest absolute Gasteiger partial charge is 0.444 e. The molecule has 31 heavy (non-hydrogen) atoms. The maximum absolute atomic E-state index is 12.4. The number of rotatable bonds is 8. The molecule has 0 fully saturated rings. The fraction of sp³-hybridized carbons (Fsp3) is 0.545. The Morgan fingerprint density at radius 3 is 2.42 bits per heavy atom. The number of carbonyl (C=O) groups excluding carboxylic acids is 2. The first-order valence-electron chi connectivity index (χ1n) is 10.3. The van der Waals surface area contributed by atoms with Crippen molar-refractivity contribution in [3.8, 4) is 0 Å². The van der Waals surface area contributed by atoms with Crippen LogP contribution in [0, 0.1) is 19.8 Å². The third-order valence-electron chi connectivity index (χ3n) is 4.65. The Balaban J connectivity index is 2.01. The second-order valence-corrected chi connectivity index (χ2v) is 9.45. The molecule has 0 aliphatic rings. The van der Waals surface area contributed by atoms with Gasteiger partial charge in [0.1, 0.15) is 11.6 Å². The van der Waals surface area contributed by atoms with Crippen molar-refractivity contribution in [2.75, 3.05) is 11.1 Å². The molecule has 0 radical (unpaired) electrons. The first-order chi connectivity index (χ1) is 14.5. The van der Waals surface area contributed by atoms with Crippen molar-refractivity contribution in [1.29, 1.82) is 0 Å². The van der Waals surface area contributed by atoms with Gasteiger partial charge in [-0.15, -0.1) is 10.2 Å². The van der Waals surface area contributed by atoms with Crippen LogP contribution in [0.25, 0.3) is 0 Å². The molecule has 2 N–H and O–H groups in total. The SMILES string of the molecule is CC[C@H](C)[C@@H](NC(=O)OC(C)(C)C)c1nnc(SCC(=O)Nc2c(C)cccc2C)o1. The summed E-state index contributed by atoms with van der Waals surface area (Å²) < 4.78 is 11.1. The van der Waals surface area contributed by atoms with Crippen LogP contribution in [-0.4, -0.2) is 33.6 Å². The molecule has 8 nitrogen and oxygen atoms in total. The van der Waals surface area contributed by atoms with Gasteiger partial charge in [-0.2, -0.15) is 0 Å². The van der Waals surface area contributed by atoms with E-state index in [1.807, 2.05) is 45.9 Å². The molecule has 1 aromatic carbocycles. The fourth-order valence-electron chi connectivity index (χ4n) is 2.84. The minimum atomic E-state index is -0.608. The summed E-state index contributed by atoms with van der Waals surface area (Å²) in [5.41, 5.74) is 2.21. The molecule has 9 heteroatoms. The lowest BCUT2D eigenvalue weighted by atomic mass is 9.99. The van der Waals surface area contributed by atoms with Crippen molar-refractivity contribution in [3.05, 3.63) is 35.2 Å². The zero-order valence-electron chi connectivity index (χ0n) is 19.2. The van der Waals surface area contributed by atoms with E-state index in [1.54, 1.807) is 20.8 Å². The summed E-state index contributed by atoms with van der Waals surface area (Å²) in [6.07, 6.45) is 0.252. The van der Waals surface area contributed by atoms with E-state index in [0.29, 0.717) is 0 Å². The standard InChI is InChI=1S/C22H32N4O4S/c1-8-13(2)18(24-20(28)30-22(5,6)7)19-25-26-21(29-19)31-12-16(27)23-17-14(3)10-9-11-15(17)4/h9-11,13,18H,8,12H2,1-7H3,(H,23,27)(H,24,28)/t13-,18+/m0/s1. The number of carbonyl (C=O) groups is 2. The van der Waals surface area contributed by atoms with E-state index in [1.165, 1.54) is 0 Å². The maximum Gasteiger partial charge on any atom is 0.408 e. The second kappa shape index (κ2) is 10.7. The first-order valence-corrected chi connectivity index (χ1v) is 11.3. The van der Waals surface area contributed by atoms with Crippen LogP contribution >= 0.6 is 11.8 Å². The van der Waals surface area contributed by atoms with E-state index in [9.17, 15) is 9.59 Å². The monoisotopic (exact) mass is 448 g/mol. The van der Waals surface area contributed by atoms with Gasteiger partial charge in [-0.25, -0.2) is 4.79 Å². The van der Waals surface area contributed by atoms with Gasteiger partial charge >= 0.3 is 6.09 Å². The van der Waals surface area contributed by atoms with Crippen molar-refractivity contribution < 1.29 is 18.7 Å². The number of amides is 2. The molecule has 1 heterocycles. The van der Waals surface area contributed by atoms with Crippen LogP contribution in [0.2, 0.25) is 0 Å². The van der Waals surface area contributed by atoms with E-state index < -0.39 is 17.7 Å². The number of benzene rings is 1. The molecule has 2 rings (SSSR count). The number of aromatic nitrogens is 2. The molecule has 0 saturated carbocycles. The van der Waals surface area contributed by atoms with Crippen molar-refractivity contribution in [2.24, 2.45) is 5.92 Å². The highest BCUT2D eigenvalue weighted by Crippen LogP contribution is 2.27. The number of hydrogen-bond donors (Lipinski definition) is 2. The number of para-hydroxylation sites is 1. The Morgan fingerprint density at radius 2 is 1.84 bits per heavy atom. The summed E-state index contributed by atoms with van der Waals surface area (Å²) >= 11 is 1.15. The first kappa shape index (κ1) is 24.7. The van der Waals surface area contributed by atoms with Crippen molar-refractivity contribution >= 4 is 29.4 Å². The van der Waals surface area contributed by atoms with E-state index in [2.05, 4.69) is 20.8 Å². The van der Waals surface area contributed by atoms with Crippen LogP contribution in [-0.2, 0) is 9.53 Å². The quantitative estimate of drug-likeness (QED) is 0.546.